The summed E-state index contributed by atoms with van der Waals surface area (Å²) in [4.78, 5) is 39.8. The number of phenols is 1. The van der Waals surface area contributed by atoms with Crippen molar-refractivity contribution in [3.05, 3.63) is 112 Å². The predicted molar refractivity (Wildman–Crippen MR) is 162 cm³/mol. The molecule has 4 aliphatic rings. The number of fused-ring (bicyclic) bond motifs is 3. The van der Waals surface area contributed by atoms with Crippen molar-refractivity contribution in [1.29, 1.82) is 0 Å². The number of carbonyl (C=O) groups is 3. The number of phenolic OH excluding ortho intramolecular Hbond substituents is 1. The summed E-state index contributed by atoms with van der Waals surface area (Å²) in [6.07, 6.45) is 7.84. The molecule has 2 aromatic carbocycles. The molecule has 0 saturated heterocycles. The van der Waals surface area contributed by atoms with E-state index in [9.17, 15) is 34.8 Å². The molecule has 4 N–H and O–H groups in total. The first-order valence-corrected chi connectivity index (χ1v) is 14.4. The highest BCUT2D eigenvalue weighted by atomic mass is 16.3. The number of benzene rings is 2. The third-order valence-electron chi connectivity index (χ3n) is 9.81. The third-order valence-corrected chi connectivity index (χ3v) is 9.81. The lowest BCUT2D eigenvalue weighted by molar-refractivity contribution is -0.158. The Kier molecular flexibility index (Phi) is 6.33. The second kappa shape index (κ2) is 9.51. The van der Waals surface area contributed by atoms with Crippen LogP contribution in [-0.2, 0) is 22.4 Å². The van der Waals surface area contributed by atoms with Gasteiger partial charge < -0.3 is 20.4 Å². The number of carbonyl (C=O) groups excluding carboxylic acids is 3. The van der Waals surface area contributed by atoms with Crippen LogP contribution in [0, 0.1) is 10.8 Å². The number of hydrogen-bond donors (Lipinski definition) is 4. The van der Waals surface area contributed by atoms with Gasteiger partial charge >= 0.3 is 0 Å². The van der Waals surface area contributed by atoms with Gasteiger partial charge in [0.2, 0.25) is 5.78 Å². The lowest BCUT2D eigenvalue weighted by atomic mass is 9.48. The summed E-state index contributed by atoms with van der Waals surface area (Å²) in [5, 5.41) is 45.0. The van der Waals surface area contributed by atoms with E-state index in [-0.39, 0.29) is 36.1 Å². The van der Waals surface area contributed by atoms with E-state index in [1.165, 1.54) is 11.6 Å². The summed E-state index contributed by atoms with van der Waals surface area (Å²) < 4.78 is 0. The van der Waals surface area contributed by atoms with Crippen LogP contribution in [0.25, 0.3) is 11.1 Å². The first-order chi connectivity index (χ1) is 20.2. The number of ketones is 3. The summed E-state index contributed by atoms with van der Waals surface area (Å²) in [5.74, 6) is -4.08. The van der Waals surface area contributed by atoms with E-state index in [0.29, 0.717) is 12.0 Å². The molecule has 7 nitrogen and oxygen atoms in total. The van der Waals surface area contributed by atoms with Crippen LogP contribution < -0.4 is 0 Å². The van der Waals surface area contributed by atoms with E-state index in [1.54, 1.807) is 19.9 Å². The summed E-state index contributed by atoms with van der Waals surface area (Å²) in [7, 11) is 0. The van der Waals surface area contributed by atoms with Crippen LogP contribution in [0.2, 0.25) is 0 Å². The molecule has 0 saturated carbocycles. The molecule has 0 unspecified atom stereocenters. The fraction of sp³-hybridized carbons (Fsp3) is 0.306. The average molecular weight is 579 g/mol. The van der Waals surface area contributed by atoms with E-state index in [2.05, 4.69) is 18.7 Å². The molecule has 0 amide bonds. The Morgan fingerprint density at radius 3 is 2.33 bits per heavy atom. The van der Waals surface area contributed by atoms with Crippen LogP contribution in [-0.4, -0.2) is 43.4 Å². The van der Waals surface area contributed by atoms with E-state index in [4.69, 9.17) is 0 Å². The van der Waals surface area contributed by atoms with E-state index in [1.807, 2.05) is 30.3 Å². The monoisotopic (exact) mass is 578 g/mol. The molecule has 43 heavy (non-hydrogen) atoms. The minimum Gasteiger partial charge on any atom is -0.511 e. The van der Waals surface area contributed by atoms with Gasteiger partial charge in [-0.2, -0.15) is 0 Å². The van der Waals surface area contributed by atoms with Gasteiger partial charge in [0.15, 0.2) is 17.2 Å². The Morgan fingerprint density at radius 1 is 1.00 bits per heavy atom. The largest absolute Gasteiger partial charge is 0.511 e. The highest BCUT2D eigenvalue weighted by Gasteiger charge is 2.67. The molecule has 0 fully saturated rings. The van der Waals surface area contributed by atoms with Crippen LogP contribution in [0.5, 0.6) is 5.75 Å². The van der Waals surface area contributed by atoms with Crippen LogP contribution in [0.4, 0.5) is 0 Å². The average Bonchev–Trinajstić information content (AvgIpc) is 3.46. The molecule has 0 spiro atoms. The number of aliphatic hydroxyl groups excluding tert-OH is 2. The molecule has 3 atom stereocenters. The number of aromatic hydroxyl groups is 1. The van der Waals surface area contributed by atoms with Gasteiger partial charge in [-0.3, -0.25) is 14.4 Å². The van der Waals surface area contributed by atoms with Crippen molar-refractivity contribution in [2.45, 2.75) is 58.5 Å². The SMILES string of the molecule is C=C(Cc1ccc(-c2ccc(O)c3c2C[C@@]2(C)C[C@@]4(C)CC(O)=C(C(C)=O)C(=O)[C@@]4(O)C(O)=C2C3=O)cc1)C1=CC=CC1. The first kappa shape index (κ1) is 28.6. The Bertz CT molecular complexity index is 1780. The van der Waals surface area contributed by atoms with Crippen molar-refractivity contribution in [3.63, 3.8) is 0 Å². The maximum atomic E-state index is 14.1. The van der Waals surface area contributed by atoms with Crippen molar-refractivity contribution >= 4 is 17.3 Å². The number of rotatable bonds is 5. The van der Waals surface area contributed by atoms with Crippen LogP contribution in [0.3, 0.4) is 0 Å². The molecule has 4 aliphatic carbocycles. The van der Waals surface area contributed by atoms with Crippen molar-refractivity contribution in [2.24, 2.45) is 10.8 Å². The fourth-order valence-electron chi connectivity index (χ4n) is 7.80. The molecule has 0 radical (unpaired) electrons. The molecule has 0 heterocycles. The molecule has 0 aromatic heterocycles. The quantitative estimate of drug-likeness (QED) is 0.315. The van der Waals surface area contributed by atoms with E-state index in [0.717, 1.165) is 35.6 Å². The normalized spacial score (nSPS) is 28.0. The molecular weight excluding hydrogens is 544 g/mol. The second-order valence-electron chi connectivity index (χ2n) is 12.9. The van der Waals surface area contributed by atoms with Crippen molar-refractivity contribution < 1.29 is 34.8 Å². The third kappa shape index (κ3) is 4.02. The van der Waals surface area contributed by atoms with Gasteiger partial charge in [-0.15, -0.1) is 0 Å². The molecule has 0 aliphatic heterocycles. The van der Waals surface area contributed by atoms with Gasteiger partial charge in [0.1, 0.15) is 22.8 Å². The molecule has 7 heteroatoms. The van der Waals surface area contributed by atoms with E-state index >= 15 is 0 Å². The van der Waals surface area contributed by atoms with Gasteiger partial charge in [0.25, 0.3) is 0 Å². The Balaban J connectivity index is 1.43. The Morgan fingerprint density at radius 2 is 1.70 bits per heavy atom. The number of Topliss-reactive ketones (excluding diaryl/α,β-unsaturated/α-hetero) is 3. The van der Waals surface area contributed by atoms with E-state index < -0.39 is 50.9 Å². The number of hydrogen-bond acceptors (Lipinski definition) is 7. The minimum atomic E-state index is -2.58. The van der Waals surface area contributed by atoms with Crippen LogP contribution >= 0.6 is 0 Å². The molecule has 6 rings (SSSR count). The zero-order valence-corrected chi connectivity index (χ0v) is 24.5. The van der Waals surface area contributed by atoms with Crippen LogP contribution in [0.15, 0.2) is 95.0 Å². The minimum absolute atomic E-state index is 0.00953. The molecule has 2 aromatic rings. The highest BCUT2D eigenvalue weighted by Crippen LogP contribution is 2.62. The molecule has 220 valence electrons. The van der Waals surface area contributed by atoms with Crippen molar-refractivity contribution in [3.8, 4) is 16.9 Å². The Labute approximate surface area is 249 Å². The Hall–Kier alpha value is -4.49. The topological polar surface area (TPSA) is 132 Å². The van der Waals surface area contributed by atoms with Crippen molar-refractivity contribution in [2.75, 3.05) is 0 Å². The summed E-state index contributed by atoms with van der Waals surface area (Å²) >= 11 is 0. The summed E-state index contributed by atoms with van der Waals surface area (Å²) in [5.41, 5.74) is -0.205. The fourth-order valence-corrected chi connectivity index (χ4v) is 7.80. The summed E-state index contributed by atoms with van der Waals surface area (Å²) in [6.45, 7) is 8.68. The number of aliphatic hydroxyl groups is 3. The summed E-state index contributed by atoms with van der Waals surface area (Å²) in [6, 6.07) is 11.2. The first-order valence-electron chi connectivity index (χ1n) is 14.4. The molecule has 0 bridgehead atoms. The smallest absolute Gasteiger partial charge is 0.209 e. The van der Waals surface area contributed by atoms with Gasteiger partial charge in [-0.25, -0.2) is 0 Å². The lowest BCUT2D eigenvalue weighted by Crippen LogP contribution is -2.63. The standard InChI is InChI=1S/C36H34O7/c1-19(22-7-5-6-8-22)15-21-9-11-23(12-10-21)24-13-14-26(38)29-25(24)16-34(3)18-35(4)17-27(39)28(20(2)37)32(41)36(35,43)33(42)30(34)31(29)40/h5-7,9-14,38-39,42-43H,1,8,15-18H2,2-4H3/t34-,35+,36+/m0/s1. The van der Waals surface area contributed by atoms with Crippen molar-refractivity contribution in [1.82, 2.24) is 0 Å². The van der Waals surface area contributed by atoms with Gasteiger partial charge in [-0.05, 0) is 72.1 Å². The lowest BCUT2D eigenvalue weighted by Gasteiger charge is -2.56. The molecular formula is C36H34O7. The maximum absolute atomic E-state index is 14.1. The highest BCUT2D eigenvalue weighted by molar-refractivity contribution is 6.25. The zero-order valence-electron chi connectivity index (χ0n) is 24.5. The van der Waals surface area contributed by atoms with Crippen LogP contribution in [0.1, 0.15) is 61.5 Å². The van der Waals surface area contributed by atoms with Gasteiger partial charge in [0, 0.05) is 22.8 Å². The zero-order chi connectivity index (χ0) is 31.1. The maximum Gasteiger partial charge on any atom is 0.209 e. The predicted octanol–water partition coefficient (Wildman–Crippen LogP) is 6.12. The number of allylic oxidation sites excluding steroid dienone is 7. The van der Waals surface area contributed by atoms with Gasteiger partial charge in [0.05, 0.1) is 5.56 Å². The second-order valence-corrected chi connectivity index (χ2v) is 12.9. The van der Waals surface area contributed by atoms with Gasteiger partial charge in [-0.1, -0.05) is 69.0 Å².